The first kappa shape index (κ1) is 19.0. The predicted molar refractivity (Wildman–Crippen MR) is 116 cm³/mol. The lowest BCUT2D eigenvalue weighted by atomic mass is 9.91. The molecule has 142 valence electrons. The molecule has 3 aromatic carbocycles. The highest BCUT2D eigenvalue weighted by Gasteiger charge is 2.34. The Morgan fingerprint density at radius 3 is 2.61 bits per heavy atom. The van der Waals surface area contributed by atoms with Gasteiger partial charge >= 0.3 is 6.09 Å². The maximum Gasteiger partial charge on any atom is 0.415 e. The Labute approximate surface area is 178 Å². The number of ether oxygens (including phenoxy) is 1. The van der Waals surface area contributed by atoms with Gasteiger partial charge in [-0.2, -0.15) is 0 Å². The maximum absolute atomic E-state index is 13.2. The number of aryl methyl sites for hydroxylation is 1. The third-order valence-electron chi connectivity index (χ3n) is 4.97. The van der Waals surface area contributed by atoms with Gasteiger partial charge in [0.2, 0.25) is 0 Å². The SMILES string of the molecule is O=C(OCc1ccccc1)N1c2ccc(Br)cc2CCC1c1ccccc1Cl. The van der Waals surface area contributed by atoms with Crippen molar-refractivity contribution in [2.45, 2.75) is 25.5 Å². The van der Waals surface area contributed by atoms with Crippen LogP contribution < -0.4 is 4.90 Å². The first-order valence-electron chi connectivity index (χ1n) is 9.16. The fourth-order valence-electron chi connectivity index (χ4n) is 3.63. The van der Waals surface area contributed by atoms with E-state index in [0.29, 0.717) is 5.02 Å². The largest absolute Gasteiger partial charge is 0.444 e. The molecule has 1 atom stereocenters. The van der Waals surface area contributed by atoms with Gasteiger partial charge in [-0.05, 0) is 53.8 Å². The minimum Gasteiger partial charge on any atom is -0.444 e. The average Bonchev–Trinajstić information content (AvgIpc) is 2.72. The summed E-state index contributed by atoms with van der Waals surface area (Å²) in [4.78, 5) is 14.9. The molecule has 3 nitrogen and oxygen atoms in total. The highest BCUT2D eigenvalue weighted by atomic mass is 79.9. The van der Waals surface area contributed by atoms with Gasteiger partial charge in [-0.1, -0.05) is 76.1 Å². The zero-order chi connectivity index (χ0) is 19.5. The Balaban J connectivity index is 1.68. The number of benzene rings is 3. The van der Waals surface area contributed by atoms with Gasteiger partial charge in [0.1, 0.15) is 6.61 Å². The van der Waals surface area contributed by atoms with E-state index in [-0.39, 0.29) is 18.7 Å². The van der Waals surface area contributed by atoms with Crippen LogP contribution in [0.15, 0.2) is 77.3 Å². The molecule has 0 spiro atoms. The number of amides is 1. The number of carbonyl (C=O) groups excluding carboxylic acids is 1. The summed E-state index contributed by atoms with van der Waals surface area (Å²) in [6, 6.07) is 23.2. The van der Waals surface area contributed by atoms with E-state index in [1.54, 1.807) is 4.90 Å². The summed E-state index contributed by atoms with van der Waals surface area (Å²) in [6.07, 6.45) is 1.29. The number of hydrogen-bond donors (Lipinski definition) is 0. The molecular weight excluding hydrogens is 438 g/mol. The molecule has 1 unspecified atom stereocenters. The summed E-state index contributed by atoms with van der Waals surface area (Å²) in [5, 5.41) is 0.661. The summed E-state index contributed by atoms with van der Waals surface area (Å²) < 4.78 is 6.68. The van der Waals surface area contributed by atoms with Crippen molar-refractivity contribution in [3.05, 3.63) is 99.0 Å². The molecule has 0 fully saturated rings. The normalized spacial score (nSPS) is 15.8. The molecule has 0 radical (unpaired) electrons. The van der Waals surface area contributed by atoms with Crippen LogP contribution in [0.1, 0.15) is 29.2 Å². The lowest BCUT2D eigenvalue weighted by molar-refractivity contribution is 0.143. The molecule has 0 N–H and O–H groups in total. The Bertz CT molecular complexity index is 993. The Kier molecular flexibility index (Phi) is 5.69. The van der Waals surface area contributed by atoms with Crippen molar-refractivity contribution in [2.75, 3.05) is 4.90 Å². The quantitative estimate of drug-likeness (QED) is 0.427. The van der Waals surface area contributed by atoms with Gasteiger partial charge in [-0.25, -0.2) is 4.79 Å². The van der Waals surface area contributed by atoms with Crippen LogP contribution in [0.5, 0.6) is 0 Å². The molecule has 0 saturated heterocycles. The zero-order valence-electron chi connectivity index (χ0n) is 15.1. The van der Waals surface area contributed by atoms with Crippen molar-refractivity contribution in [1.82, 2.24) is 0 Å². The second-order valence-corrected chi connectivity index (χ2v) is 8.08. The molecule has 1 amide bonds. The summed E-state index contributed by atoms with van der Waals surface area (Å²) in [7, 11) is 0. The van der Waals surface area contributed by atoms with E-state index >= 15 is 0 Å². The van der Waals surface area contributed by atoms with Crippen LogP contribution in [0.4, 0.5) is 10.5 Å². The maximum atomic E-state index is 13.2. The monoisotopic (exact) mass is 455 g/mol. The highest BCUT2D eigenvalue weighted by Crippen LogP contribution is 2.42. The first-order valence-corrected chi connectivity index (χ1v) is 10.3. The van der Waals surface area contributed by atoms with Crippen molar-refractivity contribution in [3.63, 3.8) is 0 Å². The van der Waals surface area contributed by atoms with Gasteiger partial charge < -0.3 is 4.74 Å². The third-order valence-corrected chi connectivity index (χ3v) is 5.80. The number of anilines is 1. The van der Waals surface area contributed by atoms with Crippen LogP contribution in [0.3, 0.4) is 0 Å². The molecule has 0 bridgehead atoms. The third kappa shape index (κ3) is 3.94. The second-order valence-electron chi connectivity index (χ2n) is 6.76. The Morgan fingerprint density at radius 2 is 1.82 bits per heavy atom. The number of rotatable bonds is 3. The van der Waals surface area contributed by atoms with Gasteiger partial charge in [0.25, 0.3) is 0 Å². The molecule has 28 heavy (non-hydrogen) atoms. The number of halogens is 2. The van der Waals surface area contributed by atoms with Crippen LogP contribution >= 0.6 is 27.5 Å². The van der Waals surface area contributed by atoms with Crippen molar-refractivity contribution >= 4 is 39.3 Å². The molecule has 5 heteroatoms. The standard InChI is InChI=1S/C23H19BrClNO2/c24-18-11-13-21-17(14-18)10-12-22(19-8-4-5-9-20(19)25)26(21)23(27)28-15-16-6-2-1-3-7-16/h1-9,11,13-14,22H,10,12,15H2. The fraction of sp³-hybridized carbons (Fsp3) is 0.174. The zero-order valence-corrected chi connectivity index (χ0v) is 17.5. The van der Waals surface area contributed by atoms with Crippen LogP contribution in [-0.2, 0) is 17.8 Å². The average molecular weight is 457 g/mol. The fourth-order valence-corrected chi connectivity index (χ4v) is 4.30. The summed E-state index contributed by atoms with van der Waals surface area (Å²) in [5.74, 6) is 0. The predicted octanol–water partition coefficient (Wildman–Crippen LogP) is 6.93. The molecule has 1 heterocycles. The number of nitrogens with zero attached hydrogens (tertiary/aromatic N) is 1. The van der Waals surface area contributed by atoms with Crippen LogP contribution in [0.2, 0.25) is 5.02 Å². The number of fused-ring (bicyclic) bond motifs is 1. The molecule has 1 aliphatic rings. The van der Waals surface area contributed by atoms with E-state index in [9.17, 15) is 4.79 Å². The van der Waals surface area contributed by atoms with E-state index in [1.165, 1.54) is 0 Å². The van der Waals surface area contributed by atoms with Gasteiger partial charge in [-0.3, -0.25) is 4.90 Å². The summed E-state index contributed by atoms with van der Waals surface area (Å²) in [5.41, 5.74) is 3.89. The van der Waals surface area contributed by atoms with Crippen molar-refractivity contribution < 1.29 is 9.53 Å². The van der Waals surface area contributed by atoms with Gasteiger partial charge in [0.15, 0.2) is 0 Å². The molecular formula is C23H19BrClNO2. The second kappa shape index (κ2) is 8.38. The van der Waals surface area contributed by atoms with E-state index in [0.717, 1.165) is 39.7 Å². The first-order chi connectivity index (χ1) is 13.6. The van der Waals surface area contributed by atoms with Crippen LogP contribution in [-0.4, -0.2) is 6.09 Å². The van der Waals surface area contributed by atoms with Crippen molar-refractivity contribution in [1.29, 1.82) is 0 Å². The molecule has 3 aromatic rings. The summed E-state index contributed by atoms with van der Waals surface area (Å²) >= 11 is 9.99. The summed E-state index contributed by atoms with van der Waals surface area (Å²) in [6.45, 7) is 0.233. The van der Waals surface area contributed by atoms with Crippen molar-refractivity contribution in [2.24, 2.45) is 0 Å². The van der Waals surface area contributed by atoms with Crippen molar-refractivity contribution in [3.8, 4) is 0 Å². The molecule has 0 saturated carbocycles. The van der Waals surface area contributed by atoms with E-state index in [1.807, 2.05) is 66.7 Å². The molecule has 0 aliphatic carbocycles. The minimum absolute atomic E-state index is 0.161. The van der Waals surface area contributed by atoms with E-state index < -0.39 is 0 Å². The molecule has 1 aliphatic heterocycles. The topological polar surface area (TPSA) is 29.5 Å². The minimum atomic E-state index is -0.364. The number of carbonyl (C=O) groups is 1. The lowest BCUT2D eigenvalue weighted by Gasteiger charge is -2.37. The highest BCUT2D eigenvalue weighted by molar-refractivity contribution is 9.10. The van der Waals surface area contributed by atoms with Gasteiger partial charge in [0, 0.05) is 9.50 Å². The molecule has 4 rings (SSSR count). The van der Waals surface area contributed by atoms with Crippen LogP contribution in [0, 0.1) is 0 Å². The van der Waals surface area contributed by atoms with E-state index in [2.05, 4.69) is 22.0 Å². The van der Waals surface area contributed by atoms with Gasteiger partial charge in [0.05, 0.1) is 11.7 Å². The molecule has 0 aromatic heterocycles. The Hall–Kier alpha value is -2.30. The number of hydrogen-bond acceptors (Lipinski definition) is 2. The van der Waals surface area contributed by atoms with E-state index in [4.69, 9.17) is 16.3 Å². The lowest BCUT2D eigenvalue weighted by Crippen LogP contribution is -2.39. The van der Waals surface area contributed by atoms with Crippen LogP contribution in [0.25, 0.3) is 0 Å². The smallest absolute Gasteiger partial charge is 0.415 e. The Morgan fingerprint density at radius 1 is 1.07 bits per heavy atom. The van der Waals surface area contributed by atoms with Gasteiger partial charge in [-0.15, -0.1) is 0 Å².